The highest BCUT2D eigenvalue weighted by atomic mass is 15.0. The van der Waals surface area contributed by atoms with Gasteiger partial charge in [-0.3, -0.25) is 0 Å². The maximum Gasteiger partial charge on any atom is 0.0810 e. The van der Waals surface area contributed by atoms with Crippen LogP contribution in [0.1, 0.15) is 64.0 Å². The molecule has 1 unspecified atom stereocenters. The van der Waals surface area contributed by atoms with E-state index in [1.807, 2.05) is 6.92 Å². The second-order valence-corrected chi connectivity index (χ2v) is 15.6. The van der Waals surface area contributed by atoms with Gasteiger partial charge < -0.3 is 8.97 Å². The molecule has 4 heterocycles. The number of hydrogen-bond donors (Lipinski definition) is 0. The van der Waals surface area contributed by atoms with Crippen molar-refractivity contribution in [2.45, 2.75) is 59.8 Å². The van der Waals surface area contributed by atoms with E-state index in [9.17, 15) is 0 Å². The Balaban J connectivity index is 0.000000267. The summed E-state index contributed by atoms with van der Waals surface area (Å²) in [6.45, 7) is 8.67. The van der Waals surface area contributed by atoms with Gasteiger partial charge in [0.05, 0.1) is 27.6 Å². The maximum absolute atomic E-state index is 2.51. The predicted molar refractivity (Wildman–Crippen MR) is 243 cm³/mol. The lowest BCUT2D eigenvalue weighted by Crippen LogP contribution is -2.23. The van der Waals surface area contributed by atoms with Gasteiger partial charge in [0.15, 0.2) is 0 Å². The monoisotopic (exact) mass is 726 g/mol. The Hall–Kier alpha value is -6.12. The molecule has 2 heteroatoms. The van der Waals surface area contributed by atoms with Crippen LogP contribution in [0.25, 0.3) is 73.4 Å². The first kappa shape index (κ1) is 35.6. The van der Waals surface area contributed by atoms with Crippen molar-refractivity contribution in [3.63, 3.8) is 0 Å². The summed E-state index contributed by atoms with van der Waals surface area (Å²) >= 11 is 0. The Morgan fingerprint density at radius 2 is 1.46 bits per heavy atom. The molecular weight excluding hydrogens is 677 g/mol. The average Bonchev–Trinajstić information content (AvgIpc) is 3.87. The fourth-order valence-corrected chi connectivity index (χ4v) is 8.90. The minimum absolute atomic E-state index is 0.705. The first-order valence-electron chi connectivity index (χ1n) is 20.4. The second-order valence-electron chi connectivity index (χ2n) is 15.6. The van der Waals surface area contributed by atoms with Gasteiger partial charge in [0, 0.05) is 26.9 Å². The molecule has 3 aromatic carbocycles. The number of nitrogens with zero attached hydrogens (tertiary/aromatic N) is 2. The molecule has 56 heavy (non-hydrogen) atoms. The van der Waals surface area contributed by atoms with Gasteiger partial charge in [-0.15, -0.1) is 0 Å². The lowest BCUT2D eigenvalue weighted by Gasteiger charge is -2.14. The number of para-hydroxylation sites is 1. The van der Waals surface area contributed by atoms with Gasteiger partial charge >= 0.3 is 0 Å². The Bertz CT molecular complexity index is 2960. The van der Waals surface area contributed by atoms with Crippen molar-refractivity contribution in [1.82, 2.24) is 8.97 Å². The van der Waals surface area contributed by atoms with Crippen molar-refractivity contribution < 1.29 is 0 Å². The molecule has 4 aromatic heterocycles. The van der Waals surface area contributed by atoms with Crippen LogP contribution >= 0.6 is 0 Å². The zero-order chi connectivity index (χ0) is 38.2. The number of pyridine rings is 1. The van der Waals surface area contributed by atoms with Crippen LogP contribution in [0.4, 0.5) is 0 Å². The average molecular weight is 727 g/mol. The minimum atomic E-state index is 0.705. The molecule has 0 N–H and O–H groups in total. The third-order valence-electron chi connectivity index (χ3n) is 11.6. The Kier molecular flexibility index (Phi) is 9.65. The zero-order valence-electron chi connectivity index (χ0n) is 33.1. The fourth-order valence-electron chi connectivity index (χ4n) is 8.90. The van der Waals surface area contributed by atoms with Crippen molar-refractivity contribution in [3.05, 3.63) is 184 Å². The van der Waals surface area contributed by atoms with Crippen LogP contribution in [0, 0.1) is 12.8 Å². The van der Waals surface area contributed by atoms with Crippen LogP contribution in [0.2, 0.25) is 0 Å². The summed E-state index contributed by atoms with van der Waals surface area (Å²) in [5.41, 5.74) is 16.7. The Morgan fingerprint density at radius 1 is 0.696 bits per heavy atom. The minimum Gasteiger partial charge on any atom is -0.307 e. The summed E-state index contributed by atoms with van der Waals surface area (Å²) in [5, 5.41) is 5.39. The van der Waals surface area contributed by atoms with Crippen molar-refractivity contribution in [2.24, 2.45) is 5.92 Å². The highest BCUT2D eigenvalue weighted by Gasteiger charge is 2.24. The summed E-state index contributed by atoms with van der Waals surface area (Å²) in [6.07, 6.45) is 35.1. The highest BCUT2D eigenvalue weighted by Crippen LogP contribution is 2.41. The van der Waals surface area contributed by atoms with Crippen LogP contribution in [-0.2, 0) is 0 Å². The van der Waals surface area contributed by atoms with Crippen LogP contribution in [0.15, 0.2) is 162 Å². The molecule has 3 aliphatic carbocycles. The largest absolute Gasteiger partial charge is 0.307 e. The van der Waals surface area contributed by atoms with E-state index < -0.39 is 0 Å². The van der Waals surface area contributed by atoms with Crippen LogP contribution in [0.3, 0.4) is 0 Å². The molecule has 0 saturated heterocycles. The molecule has 10 rings (SSSR count). The molecule has 3 aliphatic rings. The maximum atomic E-state index is 2.51. The zero-order valence-corrected chi connectivity index (χ0v) is 33.1. The topological polar surface area (TPSA) is 9.34 Å². The lowest BCUT2D eigenvalue weighted by molar-refractivity contribution is 0.730. The lowest BCUT2D eigenvalue weighted by atomic mass is 9.91. The van der Waals surface area contributed by atoms with E-state index in [0.29, 0.717) is 5.92 Å². The van der Waals surface area contributed by atoms with E-state index in [-0.39, 0.29) is 0 Å². The first-order chi connectivity index (χ1) is 27.5. The van der Waals surface area contributed by atoms with E-state index in [2.05, 4.69) is 194 Å². The van der Waals surface area contributed by atoms with Crippen molar-refractivity contribution in [2.75, 3.05) is 0 Å². The summed E-state index contributed by atoms with van der Waals surface area (Å²) < 4.78 is 5.00. The number of fused-ring (bicyclic) bond motifs is 8. The summed E-state index contributed by atoms with van der Waals surface area (Å²) in [6, 6.07) is 31.5. The van der Waals surface area contributed by atoms with Gasteiger partial charge in [-0.1, -0.05) is 134 Å². The smallest absolute Gasteiger partial charge is 0.0810 e. The van der Waals surface area contributed by atoms with E-state index >= 15 is 0 Å². The van der Waals surface area contributed by atoms with E-state index in [1.54, 1.807) is 0 Å². The summed E-state index contributed by atoms with van der Waals surface area (Å²) in [7, 11) is 0. The van der Waals surface area contributed by atoms with Gasteiger partial charge in [0.25, 0.3) is 0 Å². The third kappa shape index (κ3) is 6.43. The summed E-state index contributed by atoms with van der Waals surface area (Å²) in [5.74, 6) is 0.705. The molecule has 0 bridgehead atoms. The molecule has 2 nitrogen and oxygen atoms in total. The Labute approximate surface area is 330 Å². The van der Waals surface area contributed by atoms with Crippen molar-refractivity contribution in [1.29, 1.82) is 0 Å². The molecule has 0 aliphatic heterocycles. The molecule has 0 radical (unpaired) electrons. The molecular formula is C54H50N2. The first-order valence-corrected chi connectivity index (χ1v) is 20.4. The molecule has 7 aromatic rings. The number of aromatic nitrogens is 2. The van der Waals surface area contributed by atoms with Gasteiger partial charge in [0.1, 0.15) is 0 Å². The van der Waals surface area contributed by atoms with Crippen molar-refractivity contribution in [3.8, 4) is 16.8 Å². The van der Waals surface area contributed by atoms with Gasteiger partial charge in [0.2, 0.25) is 0 Å². The number of rotatable bonds is 6. The number of aryl methyl sites for hydroxylation is 1. The normalized spacial score (nSPS) is 17.1. The predicted octanol–water partition coefficient (Wildman–Crippen LogP) is 13.3. The number of allylic oxidation sites excluding steroid dienone is 13. The van der Waals surface area contributed by atoms with E-state index in [0.717, 1.165) is 12.8 Å². The van der Waals surface area contributed by atoms with Gasteiger partial charge in [-0.25, -0.2) is 0 Å². The van der Waals surface area contributed by atoms with Gasteiger partial charge in [-0.2, -0.15) is 0 Å². The van der Waals surface area contributed by atoms with Crippen molar-refractivity contribution >= 4 is 56.6 Å². The van der Waals surface area contributed by atoms with E-state index in [1.165, 1.54) is 113 Å². The second kappa shape index (κ2) is 15.2. The molecule has 1 atom stereocenters. The van der Waals surface area contributed by atoms with Crippen LogP contribution < -0.4 is 10.4 Å². The van der Waals surface area contributed by atoms with Gasteiger partial charge in [-0.05, 0) is 135 Å². The number of hydrogen-bond acceptors (Lipinski definition) is 0. The summed E-state index contributed by atoms with van der Waals surface area (Å²) in [4.78, 5) is 0. The fraction of sp³-hybridized carbons (Fsp3) is 0.185. The quantitative estimate of drug-likeness (QED) is 0.151. The SMILES string of the molecule is CC1C=C(C2=CCCC=C2)C=CC1.C\C=C/C=C\C(C)=C\c1cc(-c2ccc3c(c2)c2c(c4c5c(c6cccc2n64)=CCCC=5)n3-c2ccccc2)ccc1C. The number of benzene rings is 3. The van der Waals surface area contributed by atoms with Crippen LogP contribution in [-0.4, -0.2) is 8.97 Å². The van der Waals surface area contributed by atoms with Crippen LogP contribution in [0.5, 0.6) is 0 Å². The third-order valence-corrected chi connectivity index (χ3v) is 11.6. The highest BCUT2D eigenvalue weighted by molar-refractivity contribution is 6.23. The standard InChI is InChI=1S/C41H34N2.C13H16/c1-4-5-7-13-27(2)24-31-25-29(21-20-28(31)3)30-22-23-37-35(26-30)39-38-19-12-18-36-33-16-10-11-17-34(33)40(43(36)38)41(39)42(37)32-14-8-6-9-15-32;1-11-6-5-9-13(10-11)12-7-3-2-4-8-12/h4-9,12-26H,10-11H2,1-3H3;3,5,7-11H,2,4,6H2,1H3/b5-4-,13-7-,27-24+;. The molecule has 0 saturated carbocycles. The molecule has 276 valence electrons. The molecule has 0 amide bonds. The Morgan fingerprint density at radius 3 is 2.27 bits per heavy atom. The van der Waals surface area contributed by atoms with E-state index in [4.69, 9.17) is 0 Å². The molecule has 0 fully saturated rings. The molecule has 0 spiro atoms.